The molecule has 1 fully saturated rings. The van der Waals surface area contributed by atoms with E-state index in [1.165, 1.54) is 24.1 Å². The van der Waals surface area contributed by atoms with Crippen LogP contribution in [0.3, 0.4) is 0 Å². The van der Waals surface area contributed by atoms with Crippen molar-refractivity contribution in [3.63, 3.8) is 0 Å². The highest BCUT2D eigenvalue weighted by atomic mass is 19.1. The molecule has 29 heavy (non-hydrogen) atoms. The van der Waals surface area contributed by atoms with E-state index in [9.17, 15) is 4.39 Å². The number of hydrogen-bond acceptors (Lipinski definition) is 4. The van der Waals surface area contributed by atoms with Gasteiger partial charge in [0.1, 0.15) is 11.6 Å². The molecular formula is C23H22FN3O2. The number of fused-ring (bicyclic) bond motifs is 2. The number of rotatable bonds is 3. The van der Waals surface area contributed by atoms with Gasteiger partial charge in [0.15, 0.2) is 11.5 Å². The lowest BCUT2D eigenvalue weighted by molar-refractivity contribution is 0.174. The fraction of sp³-hybridized carbons (Fsp3) is 0.348. The maximum atomic E-state index is 13.3. The first-order valence-corrected chi connectivity index (χ1v) is 10.1. The smallest absolute Gasteiger partial charge is 0.231 e. The van der Waals surface area contributed by atoms with Crippen molar-refractivity contribution in [1.29, 1.82) is 0 Å². The van der Waals surface area contributed by atoms with Gasteiger partial charge in [-0.05, 0) is 60.5 Å². The Balaban J connectivity index is 1.18. The lowest BCUT2D eigenvalue weighted by Gasteiger charge is -2.23. The van der Waals surface area contributed by atoms with Crippen molar-refractivity contribution in [1.82, 2.24) is 14.5 Å². The highest BCUT2D eigenvalue weighted by Gasteiger charge is 2.44. The second-order valence-electron chi connectivity index (χ2n) is 8.48. The Morgan fingerprint density at radius 1 is 1.03 bits per heavy atom. The van der Waals surface area contributed by atoms with Gasteiger partial charge >= 0.3 is 0 Å². The quantitative estimate of drug-likeness (QED) is 0.680. The molecule has 2 aromatic carbocycles. The van der Waals surface area contributed by atoms with Gasteiger partial charge in [0.25, 0.3) is 0 Å². The average Bonchev–Trinajstić information content (AvgIpc) is 3.48. The number of halogens is 1. The van der Waals surface area contributed by atoms with Crippen molar-refractivity contribution in [3.05, 3.63) is 65.9 Å². The zero-order valence-electron chi connectivity index (χ0n) is 16.1. The highest BCUT2D eigenvalue weighted by molar-refractivity contribution is 5.59. The normalized spacial score (nSPS) is 22.5. The topological polar surface area (TPSA) is 39.5 Å². The van der Waals surface area contributed by atoms with E-state index < -0.39 is 0 Å². The van der Waals surface area contributed by atoms with Crippen LogP contribution in [-0.2, 0) is 19.5 Å². The van der Waals surface area contributed by atoms with Crippen LogP contribution in [0, 0.1) is 11.2 Å². The number of hydrogen-bond donors (Lipinski definition) is 0. The largest absolute Gasteiger partial charge is 0.454 e. The zero-order chi connectivity index (χ0) is 19.4. The van der Waals surface area contributed by atoms with Crippen LogP contribution in [0.25, 0.3) is 11.3 Å². The molecule has 6 rings (SSSR count). The summed E-state index contributed by atoms with van der Waals surface area (Å²) in [7, 11) is 0. The van der Waals surface area contributed by atoms with Crippen LogP contribution in [0.5, 0.6) is 11.5 Å². The Labute approximate surface area is 168 Å². The van der Waals surface area contributed by atoms with Crippen LogP contribution in [0.1, 0.15) is 17.8 Å². The maximum Gasteiger partial charge on any atom is 0.231 e. The predicted octanol–water partition coefficient (Wildman–Crippen LogP) is 3.87. The third-order valence-corrected chi connectivity index (χ3v) is 6.47. The monoisotopic (exact) mass is 391 g/mol. The van der Waals surface area contributed by atoms with Crippen LogP contribution < -0.4 is 9.47 Å². The highest BCUT2D eigenvalue weighted by Crippen LogP contribution is 2.43. The molecule has 0 radical (unpaired) electrons. The Bertz CT molecular complexity index is 1080. The van der Waals surface area contributed by atoms with Gasteiger partial charge in [-0.2, -0.15) is 0 Å². The molecule has 4 heterocycles. The summed E-state index contributed by atoms with van der Waals surface area (Å²) in [4.78, 5) is 7.21. The molecule has 3 aliphatic rings. The number of likely N-dealkylation sites (tertiary alicyclic amines) is 1. The molecule has 1 atom stereocenters. The lowest BCUT2D eigenvalue weighted by atomic mass is 9.86. The molecule has 148 valence electrons. The van der Waals surface area contributed by atoms with Gasteiger partial charge in [-0.15, -0.1) is 0 Å². The van der Waals surface area contributed by atoms with Crippen LogP contribution in [0.15, 0.2) is 48.7 Å². The number of imidazole rings is 1. The van der Waals surface area contributed by atoms with Gasteiger partial charge in [-0.1, -0.05) is 6.07 Å². The van der Waals surface area contributed by atoms with E-state index >= 15 is 0 Å². The van der Waals surface area contributed by atoms with Gasteiger partial charge in [0.2, 0.25) is 6.79 Å². The Hall–Kier alpha value is -2.86. The number of nitrogens with zero attached hydrogens (tertiary/aromatic N) is 3. The first-order valence-electron chi connectivity index (χ1n) is 10.1. The Morgan fingerprint density at radius 3 is 2.79 bits per heavy atom. The molecule has 3 aliphatic heterocycles. The summed E-state index contributed by atoms with van der Waals surface area (Å²) in [6.45, 7) is 4.37. The summed E-state index contributed by atoms with van der Waals surface area (Å²) in [5.41, 5.74) is 3.62. The van der Waals surface area contributed by atoms with Crippen molar-refractivity contribution < 1.29 is 13.9 Å². The molecule has 0 unspecified atom stereocenters. The summed E-state index contributed by atoms with van der Waals surface area (Å²) in [5, 5.41) is 0. The van der Waals surface area contributed by atoms with Crippen LogP contribution in [0.4, 0.5) is 4.39 Å². The number of benzene rings is 2. The lowest BCUT2D eigenvalue weighted by Crippen LogP contribution is -2.28. The zero-order valence-corrected chi connectivity index (χ0v) is 16.1. The standard InChI is InChI=1S/C23H22FN3O2/c24-18-4-2-17(3-5-18)19-11-25-22-10-23(14-27(19)22)7-8-26(13-23)12-16-1-6-20-21(9-16)29-15-28-20/h1-6,9,11H,7-8,10,12-15H2/t23-/m1/s1. The van der Waals surface area contributed by atoms with Crippen molar-refractivity contribution in [2.24, 2.45) is 5.41 Å². The first kappa shape index (κ1) is 17.0. The van der Waals surface area contributed by atoms with E-state index in [0.717, 1.165) is 61.2 Å². The number of aromatic nitrogens is 2. The van der Waals surface area contributed by atoms with Gasteiger partial charge in [-0.3, -0.25) is 4.90 Å². The fourth-order valence-corrected chi connectivity index (χ4v) is 5.04. The third-order valence-electron chi connectivity index (χ3n) is 6.47. The summed E-state index contributed by atoms with van der Waals surface area (Å²) in [6.07, 6.45) is 4.10. The first-order chi connectivity index (χ1) is 14.2. The molecule has 0 amide bonds. The van der Waals surface area contributed by atoms with Crippen molar-refractivity contribution in [3.8, 4) is 22.8 Å². The van der Waals surface area contributed by atoms with Crippen molar-refractivity contribution in [2.75, 3.05) is 19.9 Å². The van der Waals surface area contributed by atoms with Crippen LogP contribution in [-0.4, -0.2) is 34.3 Å². The van der Waals surface area contributed by atoms with E-state index in [2.05, 4.69) is 26.6 Å². The molecule has 0 bridgehead atoms. The Kier molecular flexibility index (Phi) is 3.71. The minimum absolute atomic E-state index is 0.207. The predicted molar refractivity (Wildman–Crippen MR) is 106 cm³/mol. The summed E-state index contributed by atoms with van der Waals surface area (Å²) >= 11 is 0. The maximum absolute atomic E-state index is 13.3. The SMILES string of the molecule is Fc1ccc(-c2cnc3n2C[C@]2(CCN(Cc4ccc5c(c4)OCO5)C2)C3)cc1. The molecule has 1 saturated heterocycles. The van der Waals surface area contributed by atoms with Gasteiger partial charge in [0, 0.05) is 31.5 Å². The fourth-order valence-electron chi connectivity index (χ4n) is 5.04. The Morgan fingerprint density at radius 2 is 1.90 bits per heavy atom. The van der Waals surface area contributed by atoms with Crippen LogP contribution >= 0.6 is 0 Å². The second-order valence-corrected chi connectivity index (χ2v) is 8.48. The molecular weight excluding hydrogens is 369 g/mol. The minimum Gasteiger partial charge on any atom is -0.454 e. The van der Waals surface area contributed by atoms with Crippen molar-refractivity contribution in [2.45, 2.75) is 25.9 Å². The molecule has 0 aliphatic carbocycles. The van der Waals surface area contributed by atoms with E-state index in [0.29, 0.717) is 6.79 Å². The number of ether oxygens (including phenoxy) is 2. The van der Waals surface area contributed by atoms with Gasteiger partial charge < -0.3 is 14.0 Å². The molecule has 1 spiro atoms. The van der Waals surface area contributed by atoms with Gasteiger partial charge in [0.05, 0.1) is 11.9 Å². The van der Waals surface area contributed by atoms with Crippen molar-refractivity contribution >= 4 is 0 Å². The van der Waals surface area contributed by atoms with Crippen LogP contribution in [0.2, 0.25) is 0 Å². The summed E-state index contributed by atoms with van der Waals surface area (Å²) in [5.74, 6) is 2.62. The molecule has 3 aromatic rings. The molecule has 6 heteroatoms. The summed E-state index contributed by atoms with van der Waals surface area (Å²) < 4.78 is 26.6. The van der Waals surface area contributed by atoms with E-state index in [-0.39, 0.29) is 11.2 Å². The minimum atomic E-state index is -0.207. The molecule has 5 nitrogen and oxygen atoms in total. The molecule has 0 N–H and O–H groups in total. The molecule has 0 saturated carbocycles. The molecule has 1 aromatic heterocycles. The van der Waals surface area contributed by atoms with E-state index in [1.807, 2.05) is 24.4 Å². The second kappa shape index (κ2) is 6.32. The average molecular weight is 391 g/mol. The van der Waals surface area contributed by atoms with Gasteiger partial charge in [-0.25, -0.2) is 9.37 Å². The third kappa shape index (κ3) is 2.90. The van der Waals surface area contributed by atoms with E-state index in [4.69, 9.17) is 9.47 Å². The van der Waals surface area contributed by atoms with E-state index in [1.54, 1.807) is 0 Å². The summed E-state index contributed by atoms with van der Waals surface area (Å²) in [6, 6.07) is 12.9.